The Balaban J connectivity index is 1.01. The Bertz CT molecular complexity index is 1160. The number of nitro groups is 1. The van der Waals surface area contributed by atoms with Crippen molar-refractivity contribution in [3.05, 3.63) is 40.6 Å². The van der Waals surface area contributed by atoms with E-state index in [-0.39, 0.29) is 23.0 Å². The maximum Gasteiger partial charge on any atom is 0.414 e. The van der Waals surface area contributed by atoms with Crippen LogP contribution in [0.5, 0.6) is 11.8 Å². The monoisotopic (exact) mass is 585 g/mol. The lowest BCUT2D eigenvalue weighted by molar-refractivity contribution is -0.389. The van der Waals surface area contributed by atoms with Crippen LogP contribution >= 0.6 is 0 Å². The van der Waals surface area contributed by atoms with Crippen LogP contribution in [0.3, 0.4) is 0 Å². The normalized spacial score (nSPS) is 21.4. The van der Waals surface area contributed by atoms with Gasteiger partial charge in [-0.25, -0.2) is 0 Å². The average molecular weight is 586 g/mol. The predicted octanol–water partition coefficient (Wildman–Crippen LogP) is 5.72. The molecule has 1 aromatic carbocycles. The summed E-state index contributed by atoms with van der Waals surface area (Å²) in [5, 5.41) is 11.2. The number of imidazole rings is 1. The first kappa shape index (κ1) is 29.8. The second kappa shape index (κ2) is 12.3. The van der Waals surface area contributed by atoms with Gasteiger partial charge in [-0.15, -0.1) is 0 Å². The van der Waals surface area contributed by atoms with Gasteiger partial charge in [-0.3, -0.25) is 4.57 Å². The molecular formula is C30H47N5O5Si. The highest BCUT2D eigenvalue weighted by atomic mass is 28.4. The second-order valence-corrected chi connectivity index (χ2v) is 18.2. The van der Waals surface area contributed by atoms with E-state index in [0.29, 0.717) is 19.3 Å². The molecule has 1 aromatic heterocycles. The van der Waals surface area contributed by atoms with Crippen LogP contribution in [0.15, 0.2) is 30.5 Å². The molecule has 0 bridgehead atoms. The summed E-state index contributed by atoms with van der Waals surface area (Å²) in [6.45, 7) is 18.4. The number of hydrogen-bond acceptors (Lipinski definition) is 8. The number of likely N-dealkylation sites (tertiary alicyclic amines) is 1. The summed E-state index contributed by atoms with van der Waals surface area (Å²) in [6, 6.07) is 8.61. The van der Waals surface area contributed by atoms with Gasteiger partial charge >= 0.3 is 11.8 Å². The highest BCUT2D eigenvalue weighted by molar-refractivity contribution is 6.74. The van der Waals surface area contributed by atoms with E-state index in [2.05, 4.69) is 60.8 Å². The van der Waals surface area contributed by atoms with Crippen molar-refractivity contribution in [1.82, 2.24) is 14.5 Å². The lowest BCUT2D eigenvalue weighted by Crippen LogP contribution is -2.48. The molecule has 41 heavy (non-hydrogen) atoms. The van der Waals surface area contributed by atoms with Crippen molar-refractivity contribution in [2.24, 2.45) is 5.92 Å². The van der Waals surface area contributed by atoms with Gasteiger partial charge in [0.2, 0.25) is 0 Å². The molecule has 5 rings (SSSR count). The van der Waals surface area contributed by atoms with Crippen molar-refractivity contribution in [1.29, 1.82) is 0 Å². The van der Waals surface area contributed by atoms with Crippen molar-refractivity contribution in [2.75, 3.05) is 44.2 Å². The van der Waals surface area contributed by atoms with Crippen LogP contribution < -0.4 is 14.4 Å². The van der Waals surface area contributed by atoms with Gasteiger partial charge in [-0.2, -0.15) is 0 Å². The Morgan fingerprint density at radius 1 is 1.02 bits per heavy atom. The number of nitrogens with zero attached hydrogens (tertiary/aromatic N) is 5. The summed E-state index contributed by atoms with van der Waals surface area (Å²) in [5.41, 5.74) is 1.24. The van der Waals surface area contributed by atoms with E-state index in [4.69, 9.17) is 13.9 Å². The van der Waals surface area contributed by atoms with Crippen LogP contribution in [0.2, 0.25) is 18.1 Å². The zero-order valence-corrected chi connectivity index (χ0v) is 26.4. The van der Waals surface area contributed by atoms with Crippen molar-refractivity contribution in [2.45, 2.75) is 89.8 Å². The maximum atomic E-state index is 11.0. The molecule has 226 valence electrons. The maximum absolute atomic E-state index is 11.0. The number of hydrogen-bond donors (Lipinski definition) is 0. The van der Waals surface area contributed by atoms with Crippen molar-refractivity contribution in [3.8, 4) is 11.8 Å². The SMILES string of the molecule is CC(C)(C)[Si](C)(C)OC1CCN(CC2CCN(c3ccc(OCC4CCn5cc([N+](=O)[O-])nc5O4)cc3)CC2)CC1. The van der Waals surface area contributed by atoms with Crippen LogP contribution in [-0.2, 0) is 11.0 Å². The van der Waals surface area contributed by atoms with Crippen LogP contribution in [0.1, 0.15) is 52.9 Å². The Morgan fingerprint density at radius 2 is 1.71 bits per heavy atom. The molecule has 1 atom stereocenters. The number of ether oxygens (including phenoxy) is 2. The van der Waals surface area contributed by atoms with E-state index in [0.717, 1.165) is 44.3 Å². The fourth-order valence-electron chi connectivity index (χ4n) is 5.82. The number of anilines is 1. The molecule has 0 saturated carbocycles. The van der Waals surface area contributed by atoms with Crippen LogP contribution in [-0.4, -0.2) is 79.2 Å². The minimum atomic E-state index is -1.69. The van der Waals surface area contributed by atoms with Crippen LogP contribution in [0.4, 0.5) is 11.5 Å². The third-order valence-corrected chi connectivity index (χ3v) is 14.0. The van der Waals surface area contributed by atoms with E-state index in [9.17, 15) is 10.1 Å². The third-order valence-electron chi connectivity index (χ3n) is 9.45. The van der Waals surface area contributed by atoms with Crippen molar-refractivity contribution < 1.29 is 18.8 Å². The molecule has 2 aromatic rings. The fourth-order valence-corrected chi connectivity index (χ4v) is 7.24. The molecule has 3 aliphatic heterocycles. The standard InChI is InChI=1S/C30H47N5O5Si/c1-30(2,3)41(4,5)40-26-12-15-32(16-13-26)20-23-10-17-33(18-11-23)24-6-8-25(9-7-24)38-22-27-14-19-34-21-28(35(36)37)31-29(34)39-27/h6-9,21,23,26-27H,10-20,22H2,1-5H3. The van der Waals surface area contributed by atoms with Gasteiger partial charge in [0.25, 0.3) is 0 Å². The Morgan fingerprint density at radius 3 is 2.34 bits per heavy atom. The lowest BCUT2D eigenvalue weighted by Gasteiger charge is -2.43. The van der Waals surface area contributed by atoms with Gasteiger partial charge in [0.05, 0.1) is 0 Å². The number of piperidine rings is 2. The van der Waals surface area contributed by atoms with Gasteiger partial charge in [-0.1, -0.05) is 20.8 Å². The number of fused-ring (bicyclic) bond motifs is 1. The summed E-state index contributed by atoms with van der Waals surface area (Å²) in [5.74, 6) is 1.38. The number of aryl methyl sites for hydroxylation is 1. The van der Waals surface area contributed by atoms with Crippen molar-refractivity contribution in [3.63, 3.8) is 0 Å². The molecule has 10 nitrogen and oxygen atoms in total. The third kappa shape index (κ3) is 7.42. The number of aromatic nitrogens is 2. The molecule has 0 spiro atoms. The fraction of sp³-hybridized carbons (Fsp3) is 0.700. The van der Waals surface area contributed by atoms with Gasteiger partial charge < -0.3 is 33.8 Å². The molecular weight excluding hydrogens is 538 g/mol. The van der Waals surface area contributed by atoms with E-state index in [1.54, 1.807) is 4.57 Å². The first-order valence-corrected chi connectivity index (χ1v) is 18.1. The van der Waals surface area contributed by atoms with E-state index in [1.807, 2.05) is 12.1 Å². The summed E-state index contributed by atoms with van der Waals surface area (Å²) >= 11 is 0. The van der Waals surface area contributed by atoms with E-state index < -0.39 is 13.2 Å². The number of rotatable bonds is 9. The lowest BCUT2D eigenvalue weighted by atomic mass is 9.94. The Hall–Kier alpha value is -2.63. The number of benzene rings is 1. The zero-order chi connectivity index (χ0) is 29.2. The smallest absolute Gasteiger partial charge is 0.414 e. The zero-order valence-electron chi connectivity index (χ0n) is 25.4. The summed E-state index contributed by atoms with van der Waals surface area (Å²) < 4.78 is 20.2. The first-order valence-electron chi connectivity index (χ1n) is 15.2. The molecule has 11 heteroatoms. The van der Waals surface area contributed by atoms with Gasteiger partial charge in [0, 0.05) is 62.5 Å². The first-order chi connectivity index (χ1) is 19.5. The minimum Gasteiger partial charge on any atom is -0.490 e. The van der Waals surface area contributed by atoms with Crippen LogP contribution in [0, 0.1) is 16.0 Å². The molecule has 2 fully saturated rings. The minimum absolute atomic E-state index is 0.182. The van der Waals surface area contributed by atoms with Crippen LogP contribution in [0.25, 0.3) is 0 Å². The topological polar surface area (TPSA) is 95.1 Å². The largest absolute Gasteiger partial charge is 0.490 e. The molecule has 0 amide bonds. The van der Waals surface area contributed by atoms with Crippen molar-refractivity contribution >= 4 is 19.8 Å². The summed E-state index contributed by atoms with van der Waals surface area (Å²) in [7, 11) is -1.69. The predicted molar refractivity (Wildman–Crippen MR) is 163 cm³/mol. The van der Waals surface area contributed by atoms with Gasteiger partial charge in [0.15, 0.2) is 8.32 Å². The summed E-state index contributed by atoms with van der Waals surface area (Å²) in [4.78, 5) is 19.6. The van der Waals surface area contributed by atoms with Gasteiger partial charge in [0.1, 0.15) is 24.7 Å². The quantitative estimate of drug-likeness (QED) is 0.209. The van der Waals surface area contributed by atoms with Gasteiger partial charge in [-0.05, 0) is 78.9 Å². The molecule has 0 aliphatic carbocycles. The van der Waals surface area contributed by atoms with E-state index >= 15 is 0 Å². The Labute approximate surface area is 245 Å². The van der Waals surface area contributed by atoms with E-state index in [1.165, 1.54) is 44.1 Å². The molecule has 4 heterocycles. The highest BCUT2D eigenvalue weighted by Crippen LogP contribution is 2.38. The highest BCUT2D eigenvalue weighted by Gasteiger charge is 2.40. The molecule has 0 N–H and O–H groups in total. The average Bonchev–Trinajstić information content (AvgIpc) is 3.37. The molecule has 0 radical (unpaired) electrons. The molecule has 1 unspecified atom stereocenters. The molecule has 2 saturated heterocycles. The Kier molecular flexibility index (Phi) is 8.96. The molecule has 3 aliphatic rings. The second-order valence-electron chi connectivity index (χ2n) is 13.5. The summed E-state index contributed by atoms with van der Waals surface area (Å²) in [6.07, 6.45) is 7.18.